The zero-order valence-corrected chi connectivity index (χ0v) is 20.8. The molecular weight excluding hydrogens is 493 g/mol. The second-order valence-electron chi connectivity index (χ2n) is 9.30. The van der Waals surface area contributed by atoms with Gasteiger partial charge in [-0.2, -0.15) is 13.2 Å². The fourth-order valence-electron chi connectivity index (χ4n) is 4.56. The van der Waals surface area contributed by atoms with Gasteiger partial charge < -0.3 is 9.72 Å². The van der Waals surface area contributed by atoms with E-state index < -0.39 is 21.9 Å². The van der Waals surface area contributed by atoms with E-state index in [-0.39, 0.29) is 48.2 Å². The van der Waals surface area contributed by atoms with E-state index >= 15 is 0 Å². The number of hydrogen-bond acceptors (Lipinski definition) is 5. The highest BCUT2D eigenvalue weighted by Gasteiger charge is 2.41. The molecule has 0 spiro atoms. The lowest BCUT2D eigenvalue weighted by molar-refractivity contribution is -0.184. The number of benzene rings is 1. The molecule has 3 aromatic rings. The lowest BCUT2D eigenvalue weighted by atomic mass is 9.82. The van der Waals surface area contributed by atoms with Gasteiger partial charge in [-0.1, -0.05) is 19.1 Å². The van der Waals surface area contributed by atoms with Crippen LogP contribution in [-0.2, 0) is 16.3 Å². The van der Waals surface area contributed by atoms with Gasteiger partial charge in [0.1, 0.15) is 5.52 Å². The van der Waals surface area contributed by atoms with Crippen molar-refractivity contribution in [3.8, 4) is 5.88 Å². The summed E-state index contributed by atoms with van der Waals surface area (Å²) in [5, 5.41) is 0.762. The minimum Gasteiger partial charge on any atom is -0.476 e. The third-order valence-corrected chi connectivity index (χ3v) is 8.63. The summed E-state index contributed by atoms with van der Waals surface area (Å²) in [5.74, 6) is -0.930. The Morgan fingerprint density at radius 2 is 1.81 bits per heavy atom. The first-order chi connectivity index (χ1) is 17.1. The normalized spacial score (nSPS) is 18.9. The molecule has 0 amide bonds. The summed E-state index contributed by atoms with van der Waals surface area (Å²) >= 11 is 0. The Morgan fingerprint density at radius 1 is 1.11 bits per heavy atom. The van der Waals surface area contributed by atoms with Crippen LogP contribution in [0, 0.1) is 11.8 Å². The molecule has 1 aliphatic rings. The molecule has 1 saturated carbocycles. The molecule has 0 aliphatic heterocycles. The number of alkyl halides is 3. The lowest BCUT2D eigenvalue weighted by Crippen LogP contribution is -2.29. The number of H-pyrrole nitrogens is 1. The molecule has 0 saturated heterocycles. The quantitative estimate of drug-likeness (QED) is 0.353. The number of rotatable bonds is 9. The van der Waals surface area contributed by atoms with Crippen LogP contribution in [0.25, 0.3) is 10.9 Å². The van der Waals surface area contributed by atoms with Crippen LogP contribution in [0.4, 0.5) is 13.2 Å². The monoisotopic (exact) mass is 522 g/mol. The Labute approximate surface area is 208 Å². The van der Waals surface area contributed by atoms with Gasteiger partial charge in [-0.25, -0.2) is 13.4 Å². The fraction of sp³-hybridized carbons (Fsp3) is 0.462. The Morgan fingerprint density at radius 3 is 2.44 bits per heavy atom. The number of pyridine rings is 1. The van der Waals surface area contributed by atoms with Crippen LogP contribution in [0.2, 0.25) is 0 Å². The van der Waals surface area contributed by atoms with Crippen LogP contribution in [0.5, 0.6) is 5.88 Å². The molecule has 4 rings (SSSR count). The van der Waals surface area contributed by atoms with Crippen molar-refractivity contribution in [2.45, 2.75) is 56.5 Å². The van der Waals surface area contributed by atoms with Gasteiger partial charge in [0.15, 0.2) is 15.6 Å². The number of ketones is 1. The van der Waals surface area contributed by atoms with E-state index in [1.165, 1.54) is 0 Å². The first-order valence-corrected chi connectivity index (χ1v) is 13.7. The van der Waals surface area contributed by atoms with Crippen LogP contribution in [-0.4, -0.2) is 42.7 Å². The van der Waals surface area contributed by atoms with Crippen molar-refractivity contribution < 1.29 is 31.1 Å². The maximum absolute atomic E-state index is 12.9. The molecule has 0 bridgehead atoms. The number of fused-ring (bicyclic) bond motifs is 1. The first kappa shape index (κ1) is 26.2. The van der Waals surface area contributed by atoms with E-state index in [1.54, 1.807) is 49.5 Å². The fourth-order valence-corrected chi connectivity index (χ4v) is 5.45. The topological polar surface area (TPSA) is 89.1 Å². The van der Waals surface area contributed by atoms with Gasteiger partial charge in [-0.3, -0.25) is 4.79 Å². The smallest absolute Gasteiger partial charge is 0.391 e. The number of carbonyl (C=O) groups excluding carboxylic acids is 1. The Hall–Kier alpha value is -2.88. The summed E-state index contributed by atoms with van der Waals surface area (Å²) in [6, 6.07) is 10.1. The molecule has 1 aromatic carbocycles. The van der Waals surface area contributed by atoms with Crippen molar-refractivity contribution in [3.63, 3.8) is 0 Å². The molecule has 2 heterocycles. The van der Waals surface area contributed by atoms with E-state index in [1.807, 2.05) is 0 Å². The van der Waals surface area contributed by atoms with Gasteiger partial charge in [-0.15, -0.1) is 0 Å². The van der Waals surface area contributed by atoms with Gasteiger partial charge in [0.2, 0.25) is 5.88 Å². The lowest BCUT2D eigenvalue weighted by Gasteiger charge is -2.29. The van der Waals surface area contributed by atoms with Crippen LogP contribution < -0.4 is 4.74 Å². The van der Waals surface area contributed by atoms with Crippen molar-refractivity contribution in [1.29, 1.82) is 0 Å². The molecule has 194 valence electrons. The van der Waals surface area contributed by atoms with Crippen molar-refractivity contribution in [2.24, 2.45) is 11.8 Å². The molecule has 2 aromatic heterocycles. The highest BCUT2D eigenvalue weighted by Crippen LogP contribution is 2.39. The summed E-state index contributed by atoms with van der Waals surface area (Å²) in [6.45, 7) is 1.87. The molecule has 1 fully saturated rings. The predicted octanol–water partition coefficient (Wildman–Crippen LogP) is 5.92. The van der Waals surface area contributed by atoms with Crippen LogP contribution in [0.15, 0.2) is 47.5 Å². The number of aromatic amines is 1. The standard InChI is InChI=1S/C26H29F3N2O4S/c1-2-36(33,34)21-10-5-17(6-11-21)7-12-23(32)22-15-19-13-14-30-25(24(19)31-22)35-16-18-3-8-20(9-4-18)26(27,28)29/h5-6,10-11,13-15,18,20,31H,2-4,7-9,12,16H2,1H3. The van der Waals surface area contributed by atoms with Crippen LogP contribution in [0.1, 0.15) is 55.1 Å². The first-order valence-electron chi connectivity index (χ1n) is 12.1. The Bertz CT molecular complexity index is 1310. The maximum Gasteiger partial charge on any atom is 0.391 e. The summed E-state index contributed by atoms with van der Waals surface area (Å²) in [5.41, 5.74) is 1.86. The Kier molecular flexibility index (Phi) is 7.73. The van der Waals surface area contributed by atoms with Gasteiger partial charge in [0.05, 0.1) is 28.9 Å². The van der Waals surface area contributed by atoms with E-state index in [0.717, 1.165) is 10.9 Å². The van der Waals surface area contributed by atoms with Gasteiger partial charge in [0, 0.05) is 18.0 Å². The van der Waals surface area contributed by atoms with Crippen molar-refractivity contribution in [3.05, 3.63) is 53.9 Å². The van der Waals surface area contributed by atoms with E-state index in [9.17, 15) is 26.4 Å². The average Bonchev–Trinajstić information content (AvgIpc) is 3.31. The summed E-state index contributed by atoms with van der Waals surface area (Å²) in [6.07, 6.45) is -0.708. The number of sulfone groups is 1. The van der Waals surface area contributed by atoms with E-state index in [4.69, 9.17) is 4.74 Å². The van der Waals surface area contributed by atoms with E-state index in [0.29, 0.717) is 36.4 Å². The van der Waals surface area contributed by atoms with Crippen molar-refractivity contribution in [1.82, 2.24) is 9.97 Å². The average molecular weight is 523 g/mol. The third-order valence-electron chi connectivity index (χ3n) is 6.88. The second kappa shape index (κ2) is 10.6. The molecule has 36 heavy (non-hydrogen) atoms. The van der Waals surface area contributed by atoms with Gasteiger partial charge >= 0.3 is 6.18 Å². The molecule has 6 nitrogen and oxygen atoms in total. The number of nitrogens with one attached hydrogen (secondary N) is 1. The molecule has 1 aliphatic carbocycles. The summed E-state index contributed by atoms with van der Waals surface area (Å²) in [4.78, 5) is 20.4. The second-order valence-corrected chi connectivity index (χ2v) is 11.6. The largest absolute Gasteiger partial charge is 0.476 e. The maximum atomic E-state index is 12.9. The van der Waals surface area contributed by atoms with Crippen LogP contribution in [0.3, 0.4) is 0 Å². The summed E-state index contributed by atoms with van der Waals surface area (Å²) in [7, 11) is -3.26. The zero-order valence-electron chi connectivity index (χ0n) is 20.0. The zero-order chi connectivity index (χ0) is 25.9. The van der Waals surface area contributed by atoms with Crippen molar-refractivity contribution >= 4 is 26.5 Å². The summed E-state index contributed by atoms with van der Waals surface area (Å²) < 4.78 is 68.4. The molecule has 1 N–H and O–H groups in total. The molecular formula is C26H29F3N2O4S. The highest BCUT2D eigenvalue weighted by molar-refractivity contribution is 7.91. The van der Waals surface area contributed by atoms with Gasteiger partial charge in [0.25, 0.3) is 0 Å². The van der Waals surface area contributed by atoms with Crippen LogP contribution >= 0.6 is 0 Å². The molecule has 0 unspecified atom stereocenters. The predicted molar refractivity (Wildman–Crippen MR) is 130 cm³/mol. The number of hydrogen-bond donors (Lipinski definition) is 1. The number of Topliss-reactive ketones (excluding diaryl/α,β-unsaturated/α-hetero) is 1. The minimum absolute atomic E-state index is 0.0327. The third kappa shape index (κ3) is 6.08. The number of halogens is 3. The van der Waals surface area contributed by atoms with Gasteiger partial charge in [-0.05, 0) is 67.9 Å². The molecule has 10 heteroatoms. The van der Waals surface area contributed by atoms with Crippen molar-refractivity contribution in [2.75, 3.05) is 12.4 Å². The SMILES string of the molecule is CCS(=O)(=O)c1ccc(CCC(=O)c2cc3ccnc(OCC4CCC(C(F)(F)F)CC4)c3[nH]2)cc1. The number of aromatic nitrogens is 2. The number of nitrogens with zero attached hydrogens (tertiary/aromatic N) is 1. The van der Waals surface area contributed by atoms with E-state index in [2.05, 4.69) is 9.97 Å². The number of ether oxygens (including phenoxy) is 1. The number of carbonyl (C=O) groups is 1. The Balaban J connectivity index is 1.36. The minimum atomic E-state index is -4.13. The molecule has 0 radical (unpaired) electrons. The molecule has 0 atom stereocenters. The highest BCUT2D eigenvalue weighted by atomic mass is 32.2. The number of aryl methyl sites for hydroxylation is 1.